The molecule has 1 rings (SSSR count). The molecule has 0 aliphatic heterocycles. The Hall–Kier alpha value is -1.01. The summed E-state index contributed by atoms with van der Waals surface area (Å²) in [6, 6.07) is 5.50. The van der Waals surface area contributed by atoms with Crippen molar-refractivity contribution in [1.82, 2.24) is 5.48 Å². The lowest BCUT2D eigenvalue weighted by Crippen LogP contribution is -2.36. The number of hydrogen-bond donors (Lipinski definition) is 2. The van der Waals surface area contributed by atoms with Gasteiger partial charge in [-0.1, -0.05) is 28.1 Å². The minimum absolute atomic E-state index is 0.243. The van der Waals surface area contributed by atoms with Gasteiger partial charge >= 0.3 is 5.92 Å². The van der Waals surface area contributed by atoms with Crippen LogP contribution < -0.4 is 5.48 Å². The molecular formula is C9H9BrF2N2O. The second-order valence-corrected chi connectivity index (χ2v) is 3.68. The quantitative estimate of drug-likeness (QED) is 0.496. The van der Waals surface area contributed by atoms with Gasteiger partial charge in [0.15, 0.2) is 5.84 Å². The lowest BCUT2D eigenvalue weighted by Gasteiger charge is -2.17. The molecule has 0 amide bonds. The van der Waals surface area contributed by atoms with Crippen molar-refractivity contribution >= 4 is 21.8 Å². The van der Waals surface area contributed by atoms with E-state index in [9.17, 15) is 8.78 Å². The molecular weight excluding hydrogens is 270 g/mol. The Morgan fingerprint density at radius 2 is 1.93 bits per heavy atom. The average Bonchev–Trinajstić information content (AvgIpc) is 2.19. The van der Waals surface area contributed by atoms with Crippen LogP contribution in [0.2, 0.25) is 0 Å². The van der Waals surface area contributed by atoms with Gasteiger partial charge in [0.2, 0.25) is 0 Å². The number of amidine groups is 1. The van der Waals surface area contributed by atoms with E-state index in [-0.39, 0.29) is 5.56 Å². The van der Waals surface area contributed by atoms with Crippen LogP contribution in [-0.2, 0) is 5.92 Å². The molecule has 1 aromatic carbocycles. The molecule has 82 valence electrons. The molecule has 1 aromatic rings. The van der Waals surface area contributed by atoms with Crippen LogP contribution in [0.25, 0.3) is 0 Å². The number of aliphatic imine (C=N–C) groups is 1. The maximum Gasteiger partial charge on any atom is 0.331 e. The summed E-state index contributed by atoms with van der Waals surface area (Å²) >= 11 is 3.14. The van der Waals surface area contributed by atoms with E-state index in [4.69, 9.17) is 5.21 Å². The van der Waals surface area contributed by atoms with E-state index >= 15 is 0 Å². The van der Waals surface area contributed by atoms with Gasteiger partial charge in [0.1, 0.15) is 0 Å². The summed E-state index contributed by atoms with van der Waals surface area (Å²) in [5.41, 5.74) is 1.15. The average molecular weight is 279 g/mol. The molecule has 0 spiro atoms. The van der Waals surface area contributed by atoms with Crippen LogP contribution in [0.5, 0.6) is 0 Å². The van der Waals surface area contributed by atoms with Crippen LogP contribution >= 0.6 is 15.9 Å². The fourth-order valence-electron chi connectivity index (χ4n) is 1.06. The molecule has 0 aliphatic rings. The molecule has 0 saturated heterocycles. The van der Waals surface area contributed by atoms with E-state index < -0.39 is 11.8 Å². The van der Waals surface area contributed by atoms with Gasteiger partial charge in [-0.25, -0.2) is 0 Å². The zero-order valence-corrected chi connectivity index (χ0v) is 9.42. The van der Waals surface area contributed by atoms with Crippen molar-refractivity contribution in [2.24, 2.45) is 4.99 Å². The minimum Gasteiger partial charge on any atom is -0.290 e. The Bertz CT molecular complexity index is 365. The second-order valence-electron chi connectivity index (χ2n) is 2.77. The van der Waals surface area contributed by atoms with Gasteiger partial charge in [-0.2, -0.15) is 8.78 Å². The van der Waals surface area contributed by atoms with E-state index in [1.54, 1.807) is 0 Å². The monoisotopic (exact) mass is 278 g/mol. The van der Waals surface area contributed by atoms with Crippen molar-refractivity contribution in [3.63, 3.8) is 0 Å². The summed E-state index contributed by atoms with van der Waals surface area (Å²) in [4.78, 5) is 3.27. The fourth-order valence-corrected chi connectivity index (χ4v) is 1.32. The van der Waals surface area contributed by atoms with E-state index in [0.29, 0.717) is 4.47 Å². The van der Waals surface area contributed by atoms with Gasteiger partial charge in [0, 0.05) is 17.1 Å². The van der Waals surface area contributed by atoms with Crippen LogP contribution in [0.3, 0.4) is 0 Å². The molecule has 3 nitrogen and oxygen atoms in total. The van der Waals surface area contributed by atoms with Gasteiger partial charge in [-0.3, -0.25) is 15.7 Å². The van der Waals surface area contributed by atoms with Gasteiger partial charge < -0.3 is 0 Å². The maximum atomic E-state index is 13.6. The van der Waals surface area contributed by atoms with Crippen molar-refractivity contribution in [3.8, 4) is 0 Å². The molecule has 0 aliphatic carbocycles. The van der Waals surface area contributed by atoms with Gasteiger partial charge in [0.25, 0.3) is 0 Å². The summed E-state index contributed by atoms with van der Waals surface area (Å²) < 4.78 is 27.9. The van der Waals surface area contributed by atoms with Gasteiger partial charge in [0.05, 0.1) is 0 Å². The summed E-state index contributed by atoms with van der Waals surface area (Å²) in [6.45, 7) is 0. The first-order chi connectivity index (χ1) is 7.02. The fraction of sp³-hybridized carbons (Fsp3) is 0.222. The highest BCUT2D eigenvalue weighted by Crippen LogP contribution is 2.29. The molecule has 0 aromatic heterocycles. The summed E-state index contributed by atoms with van der Waals surface area (Å²) in [6.07, 6.45) is 0. The van der Waals surface area contributed by atoms with E-state index in [2.05, 4.69) is 20.9 Å². The molecule has 0 radical (unpaired) electrons. The van der Waals surface area contributed by atoms with Crippen LogP contribution in [0, 0.1) is 0 Å². The Morgan fingerprint density at radius 3 is 2.33 bits per heavy atom. The molecule has 0 unspecified atom stereocenters. The Kier molecular flexibility index (Phi) is 3.76. The molecule has 0 heterocycles. The zero-order chi connectivity index (χ0) is 11.5. The van der Waals surface area contributed by atoms with Gasteiger partial charge in [-0.05, 0) is 12.1 Å². The van der Waals surface area contributed by atoms with E-state index in [1.807, 2.05) is 0 Å². The molecule has 6 heteroatoms. The first kappa shape index (κ1) is 12.1. The molecule has 0 bridgehead atoms. The van der Waals surface area contributed by atoms with Crippen molar-refractivity contribution in [3.05, 3.63) is 34.3 Å². The summed E-state index contributed by atoms with van der Waals surface area (Å²) in [5.74, 6) is -4.12. The molecule has 0 saturated carbocycles. The van der Waals surface area contributed by atoms with Crippen LogP contribution in [0.15, 0.2) is 33.7 Å². The van der Waals surface area contributed by atoms with Crippen molar-refractivity contribution in [1.29, 1.82) is 0 Å². The SMILES string of the molecule is CN=C(NO)C(F)(F)c1ccc(Br)cc1. The Balaban J connectivity index is 3.10. The highest BCUT2D eigenvalue weighted by atomic mass is 79.9. The highest BCUT2D eigenvalue weighted by molar-refractivity contribution is 9.10. The minimum atomic E-state index is -3.33. The van der Waals surface area contributed by atoms with Crippen molar-refractivity contribution in [2.45, 2.75) is 5.92 Å². The van der Waals surface area contributed by atoms with Crippen molar-refractivity contribution in [2.75, 3.05) is 7.05 Å². The third kappa shape index (κ3) is 2.51. The van der Waals surface area contributed by atoms with Gasteiger partial charge in [-0.15, -0.1) is 0 Å². The summed E-state index contributed by atoms with van der Waals surface area (Å²) in [5, 5.41) is 8.51. The largest absolute Gasteiger partial charge is 0.331 e. The second kappa shape index (κ2) is 4.67. The molecule has 0 fully saturated rings. The number of benzene rings is 1. The number of nitrogens with one attached hydrogen (secondary N) is 1. The number of hydrogen-bond acceptors (Lipinski definition) is 2. The molecule has 15 heavy (non-hydrogen) atoms. The van der Waals surface area contributed by atoms with Crippen LogP contribution in [0.1, 0.15) is 5.56 Å². The maximum absolute atomic E-state index is 13.6. The van der Waals surface area contributed by atoms with Crippen LogP contribution in [-0.4, -0.2) is 18.1 Å². The lowest BCUT2D eigenvalue weighted by atomic mass is 10.1. The van der Waals surface area contributed by atoms with E-state index in [0.717, 1.165) is 0 Å². The Morgan fingerprint density at radius 1 is 1.40 bits per heavy atom. The molecule has 0 atom stereocenters. The first-order valence-electron chi connectivity index (χ1n) is 4.03. The standard InChI is InChI=1S/C9H9BrF2N2O/c1-13-8(14-15)9(11,12)6-2-4-7(10)5-3-6/h2-5,15H,1H3,(H,13,14). The van der Waals surface area contributed by atoms with Crippen LogP contribution in [0.4, 0.5) is 8.78 Å². The zero-order valence-electron chi connectivity index (χ0n) is 7.84. The number of rotatable bonds is 2. The normalized spacial score (nSPS) is 12.7. The first-order valence-corrected chi connectivity index (χ1v) is 4.83. The third-order valence-corrected chi connectivity index (χ3v) is 2.36. The summed E-state index contributed by atoms with van der Waals surface area (Å²) in [7, 11) is 1.17. The topological polar surface area (TPSA) is 44.6 Å². The molecule has 2 N–H and O–H groups in total. The number of nitrogens with zero attached hydrogens (tertiary/aromatic N) is 1. The number of hydroxylamine groups is 1. The highest BCUT2D eigenvalue weighted by Gasteiger charge is 2.38. The lowest BCUT2D eigenvalue weighted by molar-refractivity contribution is 0.0572. The Labute approximate surface area is 93.9 Å². The van der Waals surface area contributed by atoms with E-state index in [1.165, 1.54) is 36.8 Å². The predicted molar refractivity (Wildman–Crippen MR) is 56.3 cm³/mol. The third-order valence-electron chi connectivity index (χ3n) is 1.83. The predicted octanol–water partition coefficient (Wildman–Crippen LogP) is 2.55. The number of halogens is 3. The van der Waals surface area contributed by atoms with Crippen molar-refractivity contribution < 1.29 is 14.0 Å². The number of alkyl halides is 2. The smallest absolute Gasteiger partial charge is 0.290 e.